The van der Waals surface area contributed by atoms with Gasteiger partial charge in [0.1, 0.15) is 5.82 Å². The zero-order valence-corrected chi connectivity index (χ0v) is 20.4. The Labute approximate surface area is 191 Å². The number of halogens is 1. The van der Waals surface area contributed by atoms with Gasteiger partial charge in [0.2, 0.25) is 0 Å². The average molecular weight is 520 g/mol. The van der Waals surface area contributed by atoms with Gasteiger partial charge in [0.05, 0.1) is 19.8 Å². The first kappa shape index (κ1) is 24.3. The van der Waals surface area contributed by atoms with Crippen LogP contribution in [0.1, 0.15) is 57.6 Å². The number of nitrogens with zero attached hydrogens (tertiary/aromatic N) is 4. The number of ether oxygens (including phenoxy) is 2. The summed E-state index contributed by atoms with van der Waals surface area (Å²) in [6.07, 6.45) is 4.06. The van der Waals surface area contributed by atoms with Crippen molar-refractivity contribution in [3.05, 3.63) is 11.6 Å². The lowest BCUT2D eigenvalue weighted by molar-refractivity contribution is 0.0893. The molecule has 0 aliphatic carbocycles. The number of aliphatic imine (C=N–C) groups is 1. The Morgan fingerprint density at radius 3 is 2.97 bits per heavy atom. The van der Waals surface area contributed by atoms with Crippen molar-refractivity contribution in [2.45, 2.75) is 65.0 Å². The van der Waals surface area contributed by atoms with Crippen LogP contribution in [0.5, 0.6) is 0 Å². The number of rotatable bonds is 9. The molecule has 29 heavy (non-hydrogen) atoms. The molecule has 9 heteroatoms. The van der Waals surface area contributed by atoms with Crippen molar-refractivity contribution in [2.75, 3.05) is 39.5 Å². The number of hydrogen-bond donors (Lipinski definition) is 2. The van der Waals surface area contributed by atoms with E-state index in [1.54, 1.807) is 0 Å². The van der Waals surface area contributed by atoms with E-state index in [1.807, 2.05) is 0 Å². The van der Waals surface area contributed by atoms with Crippen LogP contribution in [-0.2, 0) is 22.4 Å². The Balaban J connectivity index is 0.00000300. The Morgan fingerprint density at radius 1 is 1.38 bits per heavy atom. The summed E-state index contributed by atoms with van der Waals surface area (Å²) in [5, 5.41) is 11.6. The van der Waals surface area contributed by atoms with Crippen molar-refractivity contribution >= 4 is 29.9 Å². The van der Waals surface area contributed by atoms with Crippen LogP contribution in [0.15, 0.2) is 4.99 Å². The van der Waals surface area contributed by atoms with Gasteiger partial charge in [-0.3, -0.25) is 4.99 Å². The summed E-state index contributed by atoms with van der Waals surface area (Å²) in [5.74, 6) is 3.87. The molecule has 3 heterocycles. The summed E-state index contributed by atoms with van der Waals surface area (Å²) in [6, 6.07) is 0.325. The molecule has 2 aliphatic rings. The molecule has 2 unspecified atom stereocenters. The van der Waals surface area contributed by atoms with E-state index in [0.717, 1.165) is 89.4 Å². The molecule has 1 aromatic rings. The lowest BCUT2D eigenvalue weighted by atomic mass is 10.1. The minimum Gasteiger partial charge on any atom is -0.381 e. The minimum absolute atomic E-state index is 0. The van der Waals surface area contributed by atoms with Crippen LogP contribution in [0, 0.1) is 5.92 Å². The van der Waals surface area contributed by atoms with Gasteiger partial charge in [-0.15, -0.1) is 24.0 Å². The number of aryl methyl sites for hydroxylation is 1. The van der Waals surface area contributed by atoms with Gasteiger partial charge in [-0.05, 0) is 26.2 Å². The van der Waals surface area contributed by atoms with Crippen LogP contribution in [-0.4, -0.2) is 66.3 Å². The van der Waals surface area contributed by atoms with Gasteiger partial charge in [-0.1, -0.05) is 13.8 Å². The number of guanidine groups is 1. The topological polar surface area (TPSA) is 85.6 Å². The molecule has 2 aliphatic heterocycles. The lowest BCUT2D eigenvalue weighted by Gasteiger charge is -2.25. The minimum atomic E-state index is 0. The maximum atomic E-state index is 5.76. The first-order chi connectivity index (χ1) is 13.7. The smallest absolute Gasteiger partial charge is 0.191 e. The quantitative estimate of drug-likeness (QED) is 0.225. The van der Waals surface area contributed by atoms with Gasteiger partial charge < -0.3 is 20.1 Å². The van der Waals surface area contributed by atoms with E-state index in [0.29, 0.717) is 17.9 Å². The predicted molar refractivity (Wildman–Crippen MR) is 125 cm³/mol. The summed E-state index contributed by atoms with van der Waals surface area (Å²) >= 11 is 0. The second-order valence-corrected chi connectivity index (χ2v) is 8.02. The molecule has 3 rings (SSSR count). The van der Waals surface area contributed by atoms with E-state index in [-0.39, 0.29) is 24.0 Å². The fourth-order valence-corrected chi connectivity index (χ4v) is 3.53. The highest BCUT2D eigenvalue weighted by Gasteiger charge is 2.23. The van der Waals surface area contributed by atoms with Crippen LogP contribution >= 0.6 is 24.0 Å². The molecule has 166 valence electrons. The predicted octanol–water partition coefficient (Wildman–Crippen LogP) is 2.33. The van der Waals surface area contributed by atoms with Crippen molar-refractivity contribution in [3.63, 3.8) is 0 Å². The molecule has 0 saturated carbocycles. The highest BCUT2D eigenvalue weighted by molar-refractivity contribution is 14.0. The fourth-order valence-electron chi connectivity index (χ4n) is 3.53. The van der Waals surface area contributed by atoms with Gasteiger partial charge in [0.15, 0.2) is 11.8 Å². The van der Waals surface area contributed by atoms with Gasteiger partial charge in [-0.2, -0.15) is 5.10 Å². The van der Waals surface area contributed by atoms with Gasteiger partial charge in [-0.25, -0.2) is 9.67 Å². The SMILES string of the molecule is CCNC(=NCCCOCC1CCOC1)NC1CCc2nc(C(C)C)nn2C1.I. The van der Waals surface area contributed by atoms with Gasteiger partial charge >= 0.3 is 0 Å². The van der Waals surface area contributed by atoms with Crippen LogP contribution in [0.3, 0.4) is 0 Å². The molecule has 0 aromatic carbocycles. The Bertz CT molecular complexity index is 630. The third-order valence-electron chi connectivity index (χ3n) is 5.17. The summed E-state index contributed by atoms with van der Waals surface area (Å²) in [6.45, 7) is 12.1. The van der Waals surface area contributed by atoms with E-state index >= 15 is 0 Å². The van der Waals surface area contributed by atoms with E-state index in [1.165, 1.54) is 0 Å². The number of nitrogens with one attached hydrogen (secondary N) is 2. The fraction of sp³-hybridized carbons (Fsp3) is 0.850. The van der Waals surface area contributed by atoms with Gasteiger partial charge in [0, 0.05) is 50.6 Å². The van der Waals surface area contributed by atoms with Gasteiger partial charge in [0.25, 0.3) is 0 Å². The van der Waals surface area contributed by atoms with Crippen molar-refractivity contribution in [2.24, 2.45) is 10.9 Å². The highest BCUT2D eigenvalue weighted by atomic mass is 127. The molecule has 1 fully saturated rings. The first-order valence-electron chi connectivity index (χ1n) is 10.8. The summed E-state index contributed by atoms with van der Waals surface area (Å²) in [5.41, 5.74) is 0. The molecule has 0 spiro atoms. The molecule has 0 radical (unpaired) electrons. The summed E-state index contributed by atoms with van der Waals surface area (Å²) in [4.78, 5) is 9.37. The molecule has 1 saturated heterocycles. The number of hydrogen-bond acceptors (Lipinski definition) is 5. The van der Waals surface area contributed by atoms with E-state index < -0.39 is 0 Å². The Morgan fingerprint density at radius 2 is 2.24 bits per heavy atom. The zero-order valence-electron chi connectivity index (χ0n) is 18.0. The van der Waals surface area contributed by atoms with Crippen molar-refractivity contribution in [1.29, 1.82) is 0 Å². The van der Waals surface area contributed by atoms with Crippen LogP contribution in [0.4, 0.5) is 0 Å². The normalized spacial score (nSPS) is 21.7. The molecule has 0 amide bonds. The summed E-state index contributed by atoms with van der Waals surface area (Å²) < 4.78 is 13.2. The lowest BCUT2D eigenvalue weighted by Crippen LogP contribution is -2.47. The number of fused-ring (bicyclic) bond motifs is 1. The summed E-state index contributed by atoms with van der Waals surface area (Å²) in [7, 11) is 0. The highest BCUT2D eigenvalue weighted by Crippen LogP contribution is 2.17. The molecule has 0 bridgehead atoms. The molecule has 1 aromatic heterocycles. The molecular weight excluding hydrogens is 483 g/mol. The first-order valence-corrected chi connectivity index (χ1v) is 10.8. The molecule has 2 atom stereocenters. The van der Waals surface area contributed by atoms with Crippen LogP contribution < -0.4 is 10.6 Å². The second kappa shape index (κ2) is 12.7. The third kappa shape index (κ3) is 7.67. The van der Waals surface area contributed by atoms with E-state index in [2.05, 4.69) is 46.2 Å². The van der Waals surface area contributed by atoms with Crippen molar-refractivity contribution in [3.8, 4) is 0 Å². The Kier molecular flexibility index (Phi) is 10.6. The maximum absolute atomic E-state index is 5.76. The molecular formula is C20H37IN6O2. The largest absolute Gasteiger partial charge is 0.381 e. The van der Waals surface area contributed by atoms with Crippen LogP contribution in [0.2, 0.25) is 0 Å². The number of aromatic nitrogens is 3. The maximum Gasteiger partial charge on any atom is 0.191 e. The van der Waals surface area contributed by atoms with E-state index in [9.17, 15) is 0 Å². The standard InChI is InChI=1S/C20H36N6O2.HI/c1-4-21-20(22-9-5-10-27-13-16-8-11-28-14-16)23-17-6-7-18-24-19(15(2)3)25-26(18)12-17;/h15-17H,4-14H2,1-3H3,(H2,21,22,23);1H. The third-order valence-corrected chi connectivity index (χ3v) is 5.17. The zero-order chi connectivity index (χ0) is 19.8. The molecule has 2 N–H and O–H groups in total. The molecule has 8 nitrogen and oxygen atoms in total. The average Bonchev–Trinajstić information content (AvgIpc) is 3.33. The Hall–Kier alpha value is -0.940. The van der Waals surface area contributed by atoms with Crippen molar-refractivity contribution < 1.29 is 9.47 Å². The van der Waals surface area contributed by atoms with Crippen molar-refractivity contribution in [1.82, 2.24) is 25.4 Å². The van der Waals surface area contributed by atoms with Crippen LogP contribution in [0.25, 0.3) is 0 Å². The van der Waals surface area contributed by atoms with E-state index in [4.69, 9.17) is 14.5 Å². The monoisotopic (exact) mass is 520 g/mol. The second-order valence-electron chi connectivity index (χ2n) is 8.02.